The zero-order valence-electron chi connectivity index (χ0n) is 16.4. The molecular weight excluding hydrogens is 335 g/mol. The highest BCUT2D eigenvalue weighted by Gasteiger charge is 2.47. The van der Waals surface area contributed by atoms with Crippen LogP contribution in [0, 0.1) is 17.8 Å². The molecule has 1 N–H and O–H groups in total. The Hall–Kier alpha value is -0.230. The van der Waals surface area contributed by atoms with Crippen molar-refractivity contribution >= 4 is 0 Å². The molecule has 2 unspecified atom stereocenters. The molecule has 0 aromatic carbocycles. The molecule has 0 aromatic heterocycles. The van der Waals surface area contributed by atoms with Crippen molar-refractivity contribution in [2.24, 2.45) is 17.8 Å². The molecule has 26 heavy (non-hydrogen) atoms. The van der Waals surface area contributed by atoms with Gasteiger partial charge in [0.25, 0.3) is 0 Å². The summed E-state index contributed by atoms with van der Waals surface area (Å²) < 4.78 is 32.3. The summed E-state index contributed by atoms with van der Waals surface area (Å²) in [5.41, 5.74) is 0. The highest BCUT2D eigenvalue weighted by molar-refractivity contribution is 4.94. The molecule has 0 radical (unpaired) electrons. The van der Waals surface area contributed by atoms with E-state index in [1.165, 1.54) is 0 Å². The van der Waals surface area contributed by atoms with Gasteiger partial charge in [0, 0.05) is 13.0 Å². The van der Waals surface area contributed by atoms with Gasteiger partial charge in [0.15, 0.2) is 12.6 Å². The Morgan fingerprint density at radius 1 is 1.23 bits per heavy atom. The number of alkyl halides is 1. The van der Waals surface area contributed by atoms with E-state index in [1.54, 1.807) is 0 Å². The lowest BCUT2D eigenvalue weighted by atomic mass is 9.83. The van der Waals surface area contributed by atoms with Crippen molar-refractivity contribution in [1.29, 1.82) is 0 Å². The topological polar surface area (TPSA) is 47.9 Å². The third-order valence-corrected chi connectivity index (χ3v) is 6.65. The van der Waals surface area contributed by atoms with E-state index in [0.29, 0.717) is 24.2 Å². The fraction of sp³-hybridized carbons (Fsp3) is 1.00. The third-order valence-electron chi connectivity index (χ3n) is 6.65. The van der Waals surface area contributed by atoms with Crippen molar-refractivity contribution in [3.05, 3.63) is 0 Å². The Labute approximate surface area is 157 Å². The van der Waals surface area contributed by atoms with Gasteiger partial charge in [-0.2, -0.15) is 0 Å². The van der Waals surface area contributed by atoms with Gasteiger partial charge in [0.1, 0.15) is 6.17 Å². The predicted octanol–water partition coefficient (Wildman–Crippen LogP) is 4.59. The van der Waals surface area contributed by atoms with E-state index in [4.69, 9.17) is 14.2 Å². The van der Waals surface area contributed by atoms with Gasteiger partial charge in [-0.25, -0.2) is 4.39 Å². The number of hydrogen-bond donors (Lipinski definition) is 1. The first-order valence-electron chi connectivity index (χ1n) is 10.8. The van der Waals surface area contributed by atoms with Gasteiger partial charge in [-0.1, -0.05) is 26.7 Å². The van der Waals surface area contributed by atoms with Crippen LogP contribution in [-0.4, -0.2) is 42.7 Å². The minimum absolute atomic E-state index is 0.187. The zero-order chi connectivity index (χ0) is 18.5. The summed E-state index contributed by atoms with van der Waals surface area (Å²) in [6, 6.07) is 0. The number of aliphatic hydroxyl groups excluding tert-OH is 1. The Morgan fingerprint density at radius 3 is 2.81 bits per heavy atom. The molecule has 0 spiro atoms. The van der Waals surface area contributed by atoms with E-state index < -0.39 is 12.5 Å². The average molecular weight is 373 g/mol. The number of ether oxygens (including phenoxy) is 3. The second-order valence-electron chi connectivity index (χ2n) is 8.61. The first-order chi connectivity index (χ1) is 12.6. The maximum atomic E-state index is 14.9. The summed E-state index contributed by atoms with van der Waals surface area (Å²) >= 11 is 0. The van der Waals surface area contributed by atoms with Gasteiger partial charge in [0.05, 0.1) is 12.2 Å². The van der Waals surface area contributed by atoms with Crippen molar-refractivity contribution in [3.8, 4) is 0 Å². The van der Waals surface area contributed by atoms with Crippen LogP contribution in [0.15, 0.2) is 0 Å². The highest BCUT2D eigenvalue weighted by atomic mass is 19.1. The van der Waals surface area contributed by atoms with Gasteiger partial charge >= 0.3 is 0 Å². The molecule has 3 fully saturated rings. The summed E-state index contributed by atoms with van der Waals surface area (Å²) in [6.07, 6.45) is 7.00. The first-order valence-corrected chi connectivity index (χ1v) is 10.8. The molecule has 3 rings (SSSR count). The third kappa shape index (κ3) is 5.18. The van der Waals surface area contributed by atoms with Crippen LogP contribution in [0.2, 0.25) is 0 Å². The molecule has 4 nitrogen and oxygen atoms in total. The summed E-state index contributed by atoms with van der Waals surface area (Å²) in [6.45, 7) is 5.09. The normalized spacial score (nSPS) is 39.7. The fourth-order valence-corrected chi connectivity index (χ4v) is 5.17. The van der Waals surface area contributed by atoms with Crippen molar-refractivity contribution in [1.82, 2.24) is 0 Å². The van der Waals surface area contributed by atoms with Crippen molar-refractivity contribution in [2.45, 2.75) is 109 Å². The maximum Gasteiger partial charge on any atom is 0.158 e. The van der Waals surface area contributed by atoms with Gasteiger partial charge < -0.3 is 19.3 Å². The summed E-state index contributed by atoms with van der Waals surface area (Å²) in [7, 11) is 0. The van der Waals surface area contributed by atoms with Gasteiger partial charge in [-0.05, 0) is 62.7 Å². The Morgan fingerprint density at radius 2 is 2.08 bits per heavy atom. The van der Waals surface area contributed by atoms with E-state index in [1.807, 2.05) is 0 Å². The van der Waals surface area contributed by atoms with E-state index in [-0.39, 0.29) is 18.5 Å². The second kappa shape index (κ2) is 9.81. The molecule has 0 aromatic rings. The molecule has 1 aliphatic carbocycles. The first kappa shape index (κ1) is 20.5. The molecular formula is C21H37FO4. The van der Waals surface area contributed by atoms with Crippen molar-refractivity contribution < 1.29 is 23.7 Å². The zero-order valence-corrected chi connectivity index (χ0v) is 16.4. The predicted molar refractivity (Wildman–Crippen MR) is 98.4 cm³/mol. The summed E-state index contributed by atoms with van der Waals surface area (Å²) in [5.74, 6) is 1.48. The van der Waals surface area contributed by atoms with Gasteiger partial charge in [-0.3, -0.25) is 0 Å². The van der Waals surface area contributed by atoms with Crippen LogP contribution >= 0.6 is 0 Å². The highest BCUT2D eigenvalue weighted by Crippen LogP contribution is 2.48. The molecule has 3 aliphatic rings. The molecule has 152 valence electrons. The number of hydrogen-bond acceptors (Lipinski definition) is 4. The molecule has 1 saturated carbocycles. The van der Waals surface area contributed by atoms with E-state index in [9.17, 15) is 9.50 Å². The van der Waals surface area contributed by atoms with Gasteiger partial charge in [-0.15, -0.1) is 0 Å². The maximum absolute atomic E-state index is 14.9. The number of aliphatic hydroxyl groups is 1. The minimum atomic E-state index is -0.918. The van der Waals surface area contributed by atoms with Crippen LogP contribution < -0.4 is 0 Å². The van der Waals surface area contributed by atoms with Crippen LogP contribution in [0.1, 0.15) is 78.1 Å². The molecule has 2 aliphatic heterocycles. The van der Waals surface area contributed by atoms with E-state index in [0.717, 1.165) is 64.4 Å². The fourth-order valence-electron chi connectivity index (χ4n) is 5.17. The number of fused-ring (bicyclic) bond motifs is 1. The quantitative estimate of drug-likeness (QED) is 0.643. The van der Waals surface area contributed by atoms with Crippen LogP contribution in [0.4, 0.5) is 4.39 Å². The number of rotatable bonds is 9. The molecule has 5 heteroatoms. The number of halogens is 1. The van der Waals surface area contributed by atoms with Gasteiger partial charge in [0.2, 0.25) is 0 Å². The van der Waals surface area contributed by atoms with E-state index in [2.05, 4.69) is 13.8 Å². The summed E-state index contributed by atoms with van der Waals surface area (Å²) in [5, 5.41) is 9.79. The lowest BCUT2D eigenvalue weighted by molar-refractivity contribution is -0.202. The second-order valence-corrected chi connectivity index (χ2v) is 8.61. The van der Waals surface area contributed by atoms with Crippen molar-refractivity contribution in [2.75, 3.05) is 6.61 Å². The molecule has 0 amide bonds. The summed E-state index contributed by atoms with van der Waals surface area (Å²) in [4.78, 5) is 0. The van der Waals surface area contributed by atoms with Crippen LogP contribution in [0.3, 0.4) is 0 Å². The average Bonchev–Trinajstić information content (AvgIpc) is 3.12. The van der Waals surface area contributed by atoms with Crippen LogP contribution in [-0.2, 0) is 14.2 Å². The van der Waals surface area contributed by atoms with Crippen molar-refractivity contribution in [3.63, 3.8) is 0 Å². The van der Waals surface area contributed by atoms with Crippen LogP contribution in [0.25, 0.3) is 0 Å². The molecule has 0 bridgehead atoms. The molecule has 2 heterocycles. The number of unbranched alkanes of at least 4 members (excludes halogenated alkanes) is 1. The van der Waals surface area contributed by atoms with E-state index >= 15 is 0 Å². The Balaban J connectivity index is 1.55. The minimum Gasteiger partial charge on any atom is -0.368 e. The van der Waals surface area contributed by atoms with Crippen LogP contribution in [0.5, 0.6) is 0 Å². The lowest BCUT2D eigenvalue weighted by Crippen LogP contribution is -2.34. The SMILES string of the molecule is CCCC[C@@H](F)[C@@H](CC[C@H]1[C@H]2CC(O)O[C@H]2C[C@H]1C)OC1CCCCO1. The molecule has 8 atom stereocenters. The smallest absolute Gasteiger partial charge is 0.158 e. The Kier molecular flexibility index (Phi) is 7.74. The largest absolute Gasteiger partial charge is 0.368 e. The standard InChI is InChI=1S/C21H37FO4/c1-3-4-7-17(22)18(26-21-8-5-6-11-24-21)10-9-15-14(2)12-19-16(15)13-20(23)25-19/h14-21,23H,3-13H2,1-2H3/t14-,15-,16-,17-,18-,19+,20?,21?/m1/s1. The molecule has 2 saturated heterocycles. The Bertz CT molecular complexity index is 415. The monoisotopic (exact) mass is 372 g/mol. The lowest BCUT2D eigenvalue weighted by Gasteiger charge is -2.31.